The molecule has 0 saturated carbocycles. The highest BCUT2D eigenvalue weighted by Crippen LogP contribution is 2.21. The molecule has 0 unspecified atom stereocenters. The van der Waals surface area contributed by atoms with Crippen LogP contribution in [-0.2, 0) is 16.0 Å². The van der Waals surface area contributed by atoms with E-state index in [1.165, 1.54) is 7.11 Å². The topological polar surface area (TPSA) is 72.6 Å². The van der Waals surface area contributed by atoms with Crippen molar-refractivity contribution in [1.82, 2.24) is 4.90 Å². The molecule has 0 spiro atoms. The first-order chi connectivity index (χ1) is 8.61. The number of hydrogen-bond donors (Lipinski definition) is 1. The molecule has 1 heterocycles. The highest BCUT2D eigenvalue weighted by atomic mass is 16.5. The number of nitrogens with zero attached hydrogens (tertiary/aromatic N) is 1. The summed E-state index contributed by atoms with van der Waals surface area (Å²) < 4.78 is 4.57. The maximum absolute atomic E-state index is 12.2. The lowest BCUT2D eigenvalue weighted by Crippen LogP contribution is -2.39. The van der Waals surface area contributed by atoms with Gasteiger partial charge in [-0.05, 0) is 24.1 Å². The molecule has 0 bridgehead atoms. The summed E-state index contributed by atoms with van der Waals surface area (Å²) in [5, 5.41) is 0. The van der Waals surface area contributed by atoms with Gasteiger partial charge in [-0.15, -0.1) is 0 Å². The molecule has 1 aromatic carbocycles. The minimum atomic E-state index is -0.304. The van der Waals surface area contributed by atoms with Gasteiger partial charge in [0.05, 0.1) is 13.5 Å². The van der Waals surface area contributed by atoms with Crippen molar-refractivity contribution in [2.24, 2.45) is 0 Å². The van der Waals surface area contributed by atoms with E-state index in [4.69, 9.17) is 5.73 Å². The van der Waals surface area contributed by atoms with Crippen LogP contribution in [0.15, 0.2) is 18.2 Å². The van der Waals surface area contributed by atoms with E-state index in [0.717, 1.165) is 12.0 Å². The summed E-state index contributed by atoms with van der Waals surface area (Å²) in [6.07, 6.45) is 1.02. The quantitative estimate of drug-likeness (QED) is 0.635. The van der Waals surface area contributed by atoms with Crippen LogP contribution < -0.4 is 5.73 Å². The van der Waals surface area contributed by atoms with Crippen LogP contribution >= 0.6 is 0 Å². The Bertz CT molecular complexity index is 485. The number of esters is 1. The van der Waals surface area contributed by atoms with Crippen LogP contribution in [0.1, 0.15) is 22.3 Å². The normalized spacial score (nSPS) is 14.3. The number of amides is 1. The minimum Gasteiger partial charge on any atom is -0.469 e. The third-order valence-electron chi connectivity index (χ3n) is 3.12. The number of nitrogen functional groups attached to an aromatic ring is 1. The molecule has 18 heavy (non-hydrogen) atoms. The fourth-order valence-electron chi connectivity index (χ4n) is 2.08. The summed E-state index contributed by atoms with van der Waals surface area (Å²) in [7, 11) is 1.34. The first kappa shape index (κ1) is 12.4. The first-order valence-electron chi connectivity index (χ1n) is 5.86. The molecule has 5 heteroatoms. The number of methoxy groups -OCH3 is 1. The second-order valence-electron chi connectivity index (χ2n) is 4.28. The Morgan fingerprint density at radius 3 is 3.00 bits per heavy atom. The van der Waals surface area contributed by atoms with Crippen molar-refractivity contribution in [2.45, 2.75) is 12.8 Å². The minimum absolute atomic E-state index is 0.0625. The Morgan fingerprint density at radius 2 is 2.28 bits per heavy atom. The number of anilines is 1. The van der Waals surface area contributed by atoms with Crippen molar-refractivity contribution >= 4 is 17.6 Å². The Hall–Kier alpha value is -2.04. The van der Waals surface area contributed by atoms with Gasteiger partial charge in [-0.25, -0.2) is 0 Å². The predicted octanol–water partition coefficient (Wildman–Crippen LogP) is 0.830. The van der Waals surface area contributed by atoms with Gasteiger partial charge in [0.2, 0.25) is 0 Å². The fraction of sp³-hybridized carbons (Fsp3) is 0.385. The van der Waals surface area contributed by atoms with Gasteiger partial charge in [0.25, 0.3) is 5.91 Å². The Kier molecular flexibility index (Phi) is 3.50. The van der Waals surface area contributed by atoms with Crippen LogP contribution in [0.5, 0.6) is 0 Å². The van der Waals surface area contributed by atoms with Crippen molar-refractivity contribution in [3.8, 4) is 0 Å². The molecule has 1 amide bonds. The molecule has 0 atom stereocenters. The summed E-state index contributed by atoms with van der Waals surface area (Å²) in [6.45, 7) is 1.02. The lowest BCUT2D eigenvalue weighted by Gasteiger charge is -2.28. The zero-order valence-electron chi connectivity index (χ0n) is 10.3. The molecule has 2 rings (SSSR count). The number of hydrogen-bond acceptors (Lipinski definition) is 4. The Labute approximate surface area is 106 Å². The van der Waals surface area contributed by atoms with E-state index in [-0.39, 0.29) is 18.3 Å². The zero-order valence-corrected chi connectivity index (χ0v) is 10.3. The molecule has 1 aliphatic rings. The first-order valence-corrected chi connectivity index (χ1v) is 5.86. The van der Waals surface area contributed by atoms with Gasteiger partial charge in [-0.3, -0.25) is 9.59 Å². The summed E-state index contributed by atoms with van der Waals surface area (Å²) >= 11 is 0. The molecule has 2 N–H and O–H groups in total. The third kappa shape index (κ3) is 2.45. The maximum Gasteiger partial charge on any atom is 0.307 e. The SMILES string of the molecule is COC(=O)CCN1CCc2ccc(N)cc2C1=O. The molecule has 5 nitrogen and oxygen atoms in total. The lowest BCUT2D eigenvalue weighted by molar-refractivity contribution is -0.140. The van der Waals surface area contributed by atoms with Gasteiger partial charge >= 0.3 is 5.97 Å². The average Bonchev–Trinajstić information content (AvgIpc) is 2.38. The molecule has 0 saturated heterocycles. The molecular formula is C13H16N2O3. The summed E-state index contributed by atoms with van der Waals surface area (Å²) in [5.74, 6) is -0.367. The highest BCUT2D eigenvalue weighted by molar-refractivity contribution is 5.97. The fourth-order valence-corrected chi connectivity index (χ4v) is 2.08. The number of nitrogens with two attached hydrogens (primary N) is 1. The second kappa shape index (κ2) is 5.08. The van der Waals surface area contributed by atoms with Crippen LogP contribution in [0.2, 0.25) is 0 Å². The van der Waals surface area contributed by atoms with E-state index < -0.39 is 0 Å². The number of fused-ring (bicyclic) bond motifs is 1. The van der Waals surface area contributed by atoms with Gasteiger partial charge < -0.3 is 15.4 Å². The van der Waals surface area contributed by atoms with Crippen LogP contribution in [0, 0.1) is 0 Å². The Morgan fingerprint density at radius 1 is 1.50 bits per heavy atom. The monoisotopic (exact) mass is 248 g/mol. The van der Waals surface area contributed by atoms with Gasteiger partial charge in [-0.1, -0.05) is 6.07 Å². The largest absolute Gasteiger partial charge is 0.469 e. The summed E-state index contributed by atoms with van der Waals surface area (Å²) in [5.41, 5.74) is 7.93. The second-order valence-corrected chi connectivity index (χ2v) is 4.28. The van der Waals surface area contributed by atoms with Crippen molar-refractivity contribution in [2.75, 3.05) is 25.9 Å². The molecule has 0 aromatic heterocycles. The van der Waals surface area contributed by atoms with Gasteiger partial charge in [0.15, 0.2) is 0 Å². The predicted molar refractivity (Wildman–Crippen MR) is 67.1 cm³/mol. The molecule has 0 fully saturated rings. The van der Waals surface area contributed by atoms with E-state index in [0.29, 0.717) is 24.3 Å². The molecule has 96 valence electrons. The van der Waals surface area contributed by atoms with Crippen LogP contribution in [0.4, 0.5) is 5.69 Å². The summed E-state index contributed by atoms with van der Waals surface area (Å²) in [4.78, 5) is 24.9. The Balaban J connectivity index is 2.10. The zero-order chi connectivity index (χ0) is 13.1. The smallest absolute Gasteiger partial charge is 0.307 e. The van der Waals surface area contributed by atoms with Crippen molar-refractivity contribution < 1.29 is 14.3 Å². The van der Waals surface area contributed by atoms with Gasteiger partial charge in [0, 0.05) is 24.3 Å². The standard InChI is InChI=1S/C13H16N2O3/c1-18-12(16)5-7-15-6-4-9-2-3-10(14)8-11(9)13(15)17/h2-3,8H,4-7,14H2,1H3. The van der Waals surface area contributed by atoms with E-state index in [2.05, 4.69) is 4.74 Å². The van der Waals surface area contributed by atoms with Crippen LogP contribution in [0.25, 0.3) is 0 Å². The molecule has 0 aliphatic carbocycles. The third-order valence-corrected chi connectivity index (χ3v) is 3.12. The van der Waals surface area contributed by atoms with Crippen molar-refractivity contribution in [1.29, 1.82) is 0 Å². The molecule has 1 aromatic rings. The number of rotatable bonds is 3. The summed E-state index contributed by atoms with van der Waals surface area (Å²) in [6, 6.07) is 5.39. The van der Waals surface area contributed by atoms with E-state index in [9.17, 15) is 9.59 Å². The maximum atomic E-state index is 12.2. The molecular weight excluding hydrogens is 232 g/mol. The molecule has 0 radical (unpaired) electrons. The number of carbonyl (C=O) groups is 2. The van der Waals surface area contributed by atoms with Crippen LogP contribution in [-0.4, -0.2) is 37.0 Å². The number of carbonyl (C=O) groups excluding carboxylic acids is 2. The molecule has 1 aliphatic heterocycles. The van der Waals surface area contributed by atoms with Crippen molar-refractivity contribution in [3.05, 3.63) is 29.3 Å². The average molecular weight is 248 g/mol. The highest BCUT2D eigenvalue weighted by Gasteiger charge is 2.24. The van der Waals surface area contributed by atoms with E-state index >= 15 is 0 Å². The van der Waals surface area contributed by atoms with Crippen molar-refractivity contribution in [3.63, 3.8) is 0 Å². The van der Waals surface area contributed by atoms with E-state index in [1.54, 1.807) is 17.0 Å². The van der Waals surface area contributed by atoms with Gasteiger partial charge in [-0.2, -0.15) is 0 Å². The number of ether oxygens (including phenoxy) is 1. The van der Waals surface area contributed by atoms with Gasteiger partial charge in [0.1, 0.15) is 0 Å². The van der Waals surface area contributed by atoms with Crippen LogP contribution in [0.3, 0.4) is 0 Å². The number of benzene rings is 1. The van der Waals surface area contributed by atoms with E-state index in [1.807, 2.05) is 6.07 Å². The lowest BCUT2D eigenvalue weighted by atomic mass is 9.98.